The molecule has 1 aromatic carbocycles. The normalized spacial score (nSPS) is 15.5. The third kappa shape index (κ3) is 4.42. The molecule has 3 rings (SSSR count). The Balaban J connectivity index is 1.53. The van der Waals surface area contributed by atoms with Gasteiger partial charge in [-0.1, -0.05) is 29.3 Å². The van der Waals surface area contributed by atoms with E-state index in [-0.39, 0.29) is 12.5 Å². The number of halogens is 3. The van der Waals surface area contributed by atoms with Crippen molar-refractivity contribution in [1.82, 2.24) is 19.6 Å². The van der Waals surface area contributed by atoms with E-state index in [0.29, 0.717) is 10.0 Å². The van der Waals surface area contributed by atoms with Crippen molar-refractivity contribution in [1.29, 1.82) is 0 Å². The molecule has 0 saturated carbocycles. The van der Waals surface area contributed by atoms with Crippen molar-refractivity contribution in [2.24, 2.45) is 0 Å². The van der Waals surface area contributed by atoms with Gasteiger partial charge in [0.1, 0.15) is 6.54 Å². The van der Waals surface area contributed by atoms with Crippen molar-refractivity contribution in [3.8, 4) is 0 Å². The van der Waals surface area contributed by atoms with Gasteiger partial charge in [-0.15, -0.1) is 0 Å². The Hall–Kier alpha value is -1.08. The van der Waals surface area contributed by atoms with E-state index in [2.05, 4.69) is 25.9 Å². The Bertz CT molecular complexity index is 816. The topological polar surface area (TPSA) is 41.4 Å². The van der Waals surface area contributed by atoms with Gasteiger partial charge in [0.2, 0.25) is 5.91 Å². The third-order valence-electron chi connectivity index (χ3n) is 4.69. The van der Waals surface area contributed by atoms with Gasteiger partial charge in [-0.3, -0.25) is 14.4 Å². The summed E-state index contributed by atoms with van der Waals surface area (Å²) in [6.45, 7) is 8.11. The van der Waals surface area contributed by atoms with Crippen LogP contribution >= 0.6 is 39.1 Å². The highest BCUT2D eigenvalue weighted by molar-refractivity contribution is 9.10. The van der Waals surface area contributed by atoms with Crippen LogP contribution in [0.15, 0.2) is 22.7 Å². The number of rotatable bonds is 4. The zero-order valence-electron chi connectivity index (χ0n) is 14.8. The molecule has 26 heavy (non-hydrogen) atoms. The Morgan fingerprint density at radius 3 is 2.42 bits per heavy atom. The van der Waals surface area contributed by atoms with E-state index in [4.69, 9.17) is 23.2 Å². The summed E-state index contributed by atoms with van der Waals surface area (Å²) in [6, 6.07) is 5.72. The van der Waals surface area contributed by atoms with Gasteiger partial charge in [-0.05, 0) is 47.5 Å². The van der Waals surface area contributed by atoms with Gasteiger partial charge in [-0.2, -0.15) is 5.10 Å². The molecule has 1 aromatic heterocycles. The molecule has 1 saturated heterocycles. The van der Waals surface area contributed by atoms with E-state index in [9.17, 15) is 4.79 Å². The van der Waals surface area contributed by atoms with Crippen molar-refractivity contribution >= 4 is 45.0 Å². The van der Waals surface area contributed by atoms with Crippen LogP contribution < -0.4 is 0 Å². The van der Waals surface area contributed by atoms with Crippen LogP contribution in [0.3, 0.4) is 0 Å². The minimum Gasteiger partial charge on any atom is -0.339 e. The van der Waals surface area contributed by atoms with Gasteiger partial charge in [-0.25, -0.2) is 0 Å². The number of carbonyl (C=O) groups is 1. The number of aryl methyl sites for hydroxylation is 1. The quantitative estimate of drug-likeness (QED) is 0.695. The lowest BCUT2D eigenvalue weighted by atomic mass is 10.2. The number of aromatic nitrogens is 2. The van der Waals surface area contributed by atoms with Gasteiger partial charge in [0, 0.05) is 32.7 Å². The van der Waals surface area contributed by atoms with Crippen LogP contribution in [0.2, 0.25) is 10.0 Å². The molecular formula is C18H21BrCl2N4O. The molecule has 0 aliphatic carbocycles. The zero-order valence-corrected chi connectivity index (χ0v) is 17.9. The maximum atomic E-state index is 12.6. The van der Waals surface area contributed by atoms with Crippen LogP contribution in [0.5, 0.6) is 0 Å². The maximum absolute atomic E-state index is 12.6. The first-order valence-corrected chi connectivity index (χ1v) is 10.0. The van der Waals surface area contributed by atoms with E-state index < -0.39 is 0 Å². The fourth-order valence-electron chi connectivity index (χ4n) is 3.11. The summed E-state index contributed by atoms with van der Waals surface area (Å²) >= 11 is 15.6. The molecule has 1 aliphatic heterocycles. The first-order valence-electron chi connectivity index (χ1n) is 8.48. The summed E-state index contributed by atoms with van der Waals surface area (Å²) in [4.78, 5) is 16.8. The molecule has 0 radical (unpaired) electrons. The molecule has 0 atom stereocenters. The second-order valence-corrected chi connectivity index (χ2v) is 8.16. The number of nitrogens with zero attached hydrogens (tertiary/aromatic N) is 4. The Morgan fingerprint density at radius 1 is 1.15 bits per heavy atom. The van der Waals surface area contributed by atoms with Gasteiger partial charge in [0.05, 0.1) is 25.9 Å². The fraction of sp³-hybridized carbons (Fsp3) is 0.444. The Morgan fingerprint density at radius 2 is 1.85 bits per heavy atom. The molecule has 2 heterocycles. The highest BCUT2D eigenvalue weighted by atomic mass is 79.9. The smallest absolute Gasteiger partial charge is 0.244 e. The summed E-state index contributed by atoms with van der Waals surface area (Å²) in [5.41, 5.74) is 3.02. The number of amides is 1. The standard InChI is InChI=1S/C18H21BrCl2N4O/c1-12-18(19)13(2)25(22-12)11-17(26)24-7-5-23(6-8-24)10-14-3-4-15(20)16(21)9-14/h3-4,9H,5-8,10-11H2,1-2H3. The van der Waals surface area contributed by atoms with Crippen LogP contribution in [0.25, 0.3) is 0 Å². The van der Waals surface area contributed by atoms with Crippen molar-refractivity contribution in [2.75, 3.05) is 26.2 Å². The van der Waals surface area contributed by atoms with Gasteiger partial charge < -0.3 is 4.90 Å². The second-order valence-electron chi connectivity index (χ2n) is 6.55. The van der Waals surface area contributed by atoms with E-state index in [1.54, 1.807) is 4.68 Å². The summed E-state index contributed by atoms with van der Waals surface area (Å²) in [5.74, 6) is 0.109. The Kier molecular flexibility index (Phi) is 6.28. The summed E-state index contributed by atoms with van der Waals surface area (Å²) in [7, 11) is 0. The SMILES string of the molecule is Cc1nn(CC(=O)N2CCN(Cc3ccc(Cl)c(Cl)c3)CC2)c(C)c1Br. The van der Waals surface area contributed by atoms with E-state index >= 15 is 0 Å². The predicted molar refractivity (Wildman–Crippen MR) is 108 cm³/mol. The lowest BCUT2D eigenvalue weighted by molar-refractivity contribution is -0.133. The number of carbonyl (C=O) groups excluding carboxylic acids is 1. The van der Waals surface area contributed by atoms with Crippen molar-refractivity contribution in [3.05, 3.63) is 49.7 Å². The second kappa shape index (κ2) is 8.30. The zero-order chi connectivity index (χ0) is 18.8. The highest BCUT2D eigenvalue weighted by Gasteiger charge is 2.22. The fourth-order valence-corrected chi connectivity index (χ4v) is 3.71. The molecule has 0 bridgehead atoms. The number of hydrogen-bond acceptors (Lipinski definition) is 3. The van der Waals surface area contributed by atoms with E-state index in [1.807, 2.05) is 36.9 Å². The molecule has 0 spiro atoms. The van der Waals surface area contributed by atoms with Crippen LogP contribution in [0.1, 0.15) is 17.0 Å². The molecule has 0 unspecified atom stereocenters. The minimum atomic E-state index is 0.109. The van der Waals surface area contributed by atoms with E-state index in [1.165, 1.54) is 0 Å². The largest absolute Gasteiger partial charge is 0.339 e. The van der Waals surface area contributed by atoms with Gasteiger partial charge in [0.15, 0.2) is 0 Å². The van der Waals surface area contributed by atoms with Gasteiger partial charge >= 0.3 is 0 Å². The summed E-state index contributed by atoms with van der Waals surface area (Å²) in [5, 5.41) is 5.57. The third-order valence-corrected chi connectivity index (χ3v) is 6.58. The van der Waals surface area contributed by atoms with Gasteiger partial charge in [0.25, 0.3) is 0 Å². The average molecular weight is 460 g/mol. The Labute approximate surface area is 172 Å². The summed E-state index contributed by atoms with van der Waals surface area (Å²) < 4.78 is 2.74. The molecule has 5 nitrogen and oxygen atoms in total. The lowest BCUT2D eigenvalue weighted by Crippen LogP contribution is -2.49. The monoisotopic (exact) mass is 458 g/mol. The number of hydrogen-bond donors (Lipinski definition) is 0. The molecule has 8 heteroatoms. The number of benzene rings is 1. The molecule has 1 aliphatic rings. The van der Waals surface area contributed by atoms with Crippen molar-refractivity contribution in [2.45, 2.75) is 26.9 Å². The molecule has 0 N–H and O–H groups in total. The van der Waals surface area contributed by atoms with Crippen molar-refractivity contribution < 1.29 is 4.79 Å². The van der Waals surface area contributed by atoms with Crippen LogP contribution in [0, 0.1) is 13.8 Å². The van der Waals surface area contributed by atoms with Crippen LogP contribution in [0.4, 0.5) is 0 Å². The average Bonchev–Trinajstić information content (AvgIpc) is 2.85. The first-order chi connectivity index (χ1) is 12.3. The minimum absolute atomic E-state index is 0.109. The first kappa shape index (κ1) is 19.7. The van der Waals surface area contributed by atoms with Crippen LogP contribution in [-0.2, 0) is 17.9 Å². The number of piperazine rings is 1. The molecule has 1 fully saturated rings. The molecule has 1 amide bonds. The van der Waals surface area contributed by atoms with E-state index in [0.717, 1.165) is 54.1 Å². The lowest BCUT2D eigenvalue weighted by Gasteiger charge is -2.34. The maximum Gasteiger partial charge on any atom is 0.244 e. The highest BCUT2D eigenvalue weighted by Crippen LogP contribution is 2.23. The molecule has 140 valence electrons. The summed E-state index contributed by atoms with van der Waals surface area (Å²) in [6.07, 6.45) is 0. The molecular weight excluding hydrogens is 439 g/mol. The predicted octanol–water partition coefficient (Wildman–Crippen LogP) is 3.91. The molecule has 2 aromatic rings. The van der Waals surface area contributed by atoms with Crippen molar-refractivity contribution in [3.63, 3.8) is 0 Å². The van der Waals surface area contributed by atoms with Crippen LogP contribution in [-0.4, -0.2) is 51.7 Å².